The zero-order chi connectivity index (χ0) is 16.5. The SMILES string of the molecule is Cc1noc(C)c1CN1CCc2[nH]nc(-c3ccccc3)c2CC1. The van der Waals surface area contributed by atoms with Gasteiger partial charge < -0.3 is 4.52 Å². The average Bonchev–Trinajstić information content (AvgIpc) is 3.08. The highest BCUT2D eigenvalue weighted by molar-refractivity contribution is 5.64. The van der Waals surface area contributed by atoms with Gasteiger partial charge in [-0.15, -0.1) is 0 Å². The minimum absolute atomic E-state index is 0.902. The van der Waals surface area contributed by atoms with Gasteiger partial charge in [-0.25, -0.2) is 0 Å². The molecule has 0 amide bonds. The van der Waals surface area contributed by atoms with Crippen molar-refractivity contribution in [1.82, 2.24) is 20.3 Å². The zero-order valence-corrected chi connectivity index (χ0v) is 14.2. The van der Waals surface area contributed by atoms with Crippen molar-refractivity contribution in [1.29, 1.82) is 0 Å². The molecule has 1 aliphatic rings. The van der Waals surface area contributed by atoms with Gasteiger partial charge in [0.25, 0.3) is 0 Å². The highest BCUT2D eigenvalue weighted by Crippen LogP contribution is 2.27. The van der Waals surface area contributed by atoms with E-state index in [9.17, 15) is 0 Å². The van der Waals surface area contributed by atoms with Crippen LogP contribution in [0.4, 0.5) is 0 Å². The summed E-state index contributed by atoms with van der Waals surface area (Å²) in [6.45, 7) is 6.96. The number of hydrogen-bond acceptors (Lipinski definition) is 4. The lowest BCUT2D eigenvalue weighted by Gasteiger charge is -2.19. The van der Waals surface area contributed by atoms with Gasteiger partial charge in [0.05, 0.1) is 11.4 Å². The van der Waals surface area contributed by atoms with Crippen LogP contribution in [0.25, 0.3) is 11.3 Å². The molecule has 0 saturated heterocycles. The summed E-state index contributed by atoms with van der Waals surface area (Å²) in [6, 6.07) is 10.4. The van der Waals surface area contributed by atoms with Crippen molar-refractivity contribution in [3.63, 3.8) is 0 Å². The molecule has 0 saturated carbocycles. The second kappa shape index (κ2) is 6.24. The van der Waals surface area contributed by atoms with E-state index in [4.69, 9.17) is 4.52 Å². The van der Waals surface area contributed by atoms with Crippen LogP contribution >= 0.6 is 0 Å². The summed E-state index contributed by atoms with van der Waals surface area (Å²) in [5.41, 5.74) is 7.15. The van der Waals surface area contributed by atoms with Crippen LogP contribution in [0.2, 0.25) is 0 Å². The molecule has 0 fully saturated rings. The van der Waals surface area contributed by atoms with Crippen LogP contribution < -0.4 is 0 Å². The van der Waals surface area contributed by atoms with E-state index in [0.29, 0.717) is 0 Å². The van der Waals surface area contributed by atoms with Gasteiger partial charge in [0.15, 0.2) is 0 Å². The van der Waals surface area contributed by atoms with Crippen molar-refractivity contribution in [2.75, 3.05) is 13.1 Å². The number of nitrogens with zero attached hydrogens (tertiary/aromatic N) is 3. The summed E-state index contributed by atoms with van der Waals surface area (Å²) in [5, 5.41) is 11.9. The summed E-state index contributed by atoms with van der Waals surface area (Å²) in [6.07, 6.45) is 2.01. The Balaban J connectivity index is 1.54. The topological polar surface area (TPSA) is 58.0 Å². The molecule has 0 radical (unpaired) electrons. The summed E-state index contributed by atoms with van der Waals surface area (Å²) >= 11 is 0. The van der Waals surface area contributed by atoms with Crippen LogP contribution in [0.15, 0.2) is 34.9 Å². The molecule has 3 aromatic rings. The highest BCUT2D eigenvalue weighted by Gasteiger charge is 2.21. The molecule has 5 heteroatoms. The van der Waals surface area contributed by atoms with Crippen molar-refractivity contribution in [2.24, 2.45) is 0 Å². The fourth-order valence-corrected chi connectivity index (χ4v) is 3.47. The van der Waals surface area contributed by atoms with E-state index >= 15 is 0 Å². The predicted octanol–water partition coefficient (Wildman–Crippen LogP) is 3.28. The van der Waals surface area contributed by atoms with Gasteiger partial charge in [0, 0.05) is 48.4 Å². The van der Waals surface area contributed by atoms with Crippen molar-refractivity contribution >= 4 is 0 Å². The van der Waals surface area contributed by atoms with E-state index in [1.54, 1.807) is 0 Å². The van der Waals surface area contributed by atoms with Crippen molar-refractivity contribution in [3.05, 3.63) is 58.6 Å². The largest absolute Gasteiger partial charge is 0.361 e. The smallest absolute Gasteiger partial charge is 0.138 e. The molecule has 0 atom stereocenters. The number of nitrogens with one attached hydrogen (secondary N) is 1. The lowest BCUT2D eigenvalue weighted by Crippen LogP contribution is -2.26. The lowest BCUT2D eigenvalue weighted by molar-refractivity contribution is 0.276. The Hall–Kier alpha value is -2.40. The van der Waals surface area contributed by atoms with Crippen LogP contribution in [0.3, 0.4) is 0 Å². The molecule has 0 unspecified atom stereocenters. The molecule has 1 aliphatic heterocycles. The van der Waals surface area contributed by atoms with E-state index in [1.807, 2.05) is 19.9 Å². The number of aromatic nitrogens is 3. The lowest BCUT2D eigenvalue weighted by atomic mass is 10.0. The van der Waals surface area contributed by atoms with Gasteiger partial charge in [-0.3, -0.25) is 10.00 Å². The molecule has 1 N–H and O–H groups in total. The van der Waals surface area contributed by atoms with Crippen molar-refractivity contribution < 1.29 is 4.52 Å². The maximum atomic E-state index is 5.30. The van der Waals surface area contributed by atoms with Crippen molar-refractivity contribution in [3.8, 4) is 11.3 Å². The molecule has 0 aliphatic carbocycles. The maximum absolute atomic E-state index is 5.30. The number of aromatic amines is 1. The van der Waals surface area contributed by atoms with Crippen LogP contribution in [-0.2, 0) is 19.4 Å². The van der Waals surface area contributed by atoms with E-state index < -0.39 is 0 Å². The van der Waals surface area contributed by atoms with Gasteiger partial charge in [-0.2, -0.15) is 5.10 Å². The van der Waals surface area contributed by atoms with E-state index in [-0.39, 0.29) is 0 Å². The van der Waals surface area contributed by atoms with Gasteiger partial charge in [0.2, 0.25) is 0 Å². The standard InChI is InChI=1S/C19H22N4O/c1-13-17(14(2)24-22-13)12-23-10-8-16-18(9-11-23)20-21-19(16)15-6-4-3-5-7-15/h3-7H,8-12H2,1-2H3,(H,20,21). The van der Waals surface area contributed by atoms with Crippen LogP contribution in [0.1, 0.15) is 28.3 Å². The Bertz CT molecular complexity index is 815. The summed E-state index contributed by atoms with van der Waals surface area (Å²) in [4.78, 5) is 2.48. The number of H-pyrrole nitrogens is 1. The zero-order valence-electron chi connectivity index (χ0n) is 14.2. The minimum atomic E-state index is 0.902. The molecule has 0 bridgehead atoms. The number of rotatable bonds is 3. The second-order valence-corrected chi connectivity index (χ2v) is 6.47. The average molecular weight is 322 g/mol. The fraction of sp³-hybridized carbons (Fsp3) is 0.368. The monoisotopic (exact) mass is 322 g/mol. The third kappa shape index (κ3) is 2.76. The maximum Gasteiger partial charge on any atom is 0.138 e. The summed E-state index contributed by atoms with van der Waals surface area (Å²) < 4.78 is 5.30. The van der Waals surface area contributed by atoms with Gasteiger partial charge >= 0.3 is 0 Å². The van der Waals surface area contributed by atoms with E-state index in [1.165, 1.54) is 22.4 Å². The molecule has 3 heterocycles. The first-order valence-corrected chi connectivity index (χ1v) is 8.48. The fourth-order valence-electron chi connectivity index (χ4n) is 3.47. The Morgan fingerprint density at radius 1 is 1.12 bits per heavy atom. The van der Waals surface area contributed by atoms with Crippen LogP contribution in [0, 0.1) is 13.8 Å². The molecule has 124 valence electrons. The van der Waals surface area contributed by atoms with Crippen LogP contribution in [0.5, 0.6) is 0 Å². The normalized spacial score (nSPS) is 15.2. The summed E-state index contributed by atoms with van der Waals surface area (Å²) in [7, 11) is 0. The molecule has 0 spiro atoms. The Morgan fingerprint density at radius 3 is 2.67 bits per heavy atom. The molecule has 24 heavy (non-hydrogen) atoms. The minimum Gasteiger partial charge on any atom is -0.361 e. The van der Waals surface area contributed by atoms with Crippen molar-refractivity contribution in [2.45, 2.75) is 33.2 Å². The molecule has 2 aromatic heterocycles. The number of fused-ring (bicyclic) bond motifs is 1. The Labute approximate surface area is 141 Å². The molecule has 4 rings (SSSR count). The first-order valence-electron chi connectivity index (χ1n) is 8.48. The first-order chi connectivity index (χ1) is 11.7. The molecular weight excluding hydrogens is 300 g/mol. The van der Waals surface area contributed by atoms with Gasteiger partial charge in [0.1, 0.15) is 5.76 Å². The molecule has 1 aromatic carbocycles. The number of benzene rings is 1. The second-order valence-electron chi connectivity index (χ2n) is 6.47. The highest BCUT2D eigenvalue weighted by atomic mass is 16.5. The Kier molecular flexibility index (Phi) is 3.94. The quantitative estimate of drug-likeness (QED) is 0.804. The number of aryl methyl sites for hydroxylation is 2. The van der Waals surface area contributed by atoms with E-state index in [0.717, 1.165) is 49.6 Å². The number of hydrogen-bond donors (Lipinski definition) is 1. The predicted molar refractivity (Wildman–Crippen MR) is 92.7 cm³/mol. The third-order valence-electron chi connectivity index (χ3n) is 4.92. The van der Waals surface area contributed by atoms with Crippen LogP contribution in [-0.4, -0.2) is 33.3 Å². The summed E-state index contributed by atoms with van der Waals surface area (Å²) in [5.74, 6) is 0.932. The first kappa shape index (κ1) is 15.1. The third-order valence-corrected chi connectivity index (χ3v) is 4.92. The molecular formula is C19H22N4O. The Morgan fingerprint density at radius 2 is 1.92 bits per heavy atom. The van der Waals surface area contributed by atoms with Gasteiger partial charge in [-0.1, -0.05) is 35.5 Å². The van der Waals surface area contributed by atoms with Gasteiger partial charge in [-0.05, 0) is 20.3 Å². The van der Waals surface area contributed by atoms with E-state index in [2.05, 4.69) is 44.5 Å². The molecule has 5 nitrogen and oxygen atoms in total.